The predicted molar refractivity (Wildman–Crippen MR) is 109 cm³/mol. The number of urea groups is 1. The summed E-state index contributed by atoms with van der Waals surface area (Å²) in [6.07, 6.45) is 0. The number of anilines is 1. The molecule has 1 unspecified atom stereocenters. The van der Waals surface area contributed by atoms with Gasteiger partial charge in [-0.25, -0.2) is 9.78 Å². The first-order valence-electron chi connectivity index (χ1n) is 8.62. The number of nitrogens with zero attached hydrogens (tertiary/aromatic N) is 2. The third-order valence-corrected chi connectivity index (χ3v) is 5.41. The van der Waals surface area contributed by atoms with Gasteiger partial charge in [0, 0.05) is 12.7 Å². The van der Waals surface area contributed by atoms with Crippen LogP contribution in [0.1, 0.15) is 18.1 Å². The summed E-state index contributed by atoms with van der Waals surface area (Å²) in [6.45, 7) is 5.65. The zero-order chi connectivity index (χ0) is 19.6. The Balaban J connectivity index is 1.63. The molecular weight excluding hydrogens is 360 g/mol. The fraction of sp³-hybridized carbons (Fsp3) is 0.250. The standard InChI is InChI=1S/C20H22N4O2S/c1-12-9-10-15(13(2)11-12)21-19(26)23-18(25)14(3)27-20-22-16-7-5-6-8-17(16)24(20)4/h5-11,14H,1-4H3,(H2,21,23,25,26). The minimum absolute atomic E-state index is 0.366. The lowest BCUT2D eigenvalue weighted by Crippen LogP contribution is -2.39. The third-order valence-electron chi connectivity index (χ3n) is 4.26. The van der Waals surface area contributed by atoms with Crippen LogP contribution in [-0.4, -0.2) is 26.7 Å². The van der Waals surface area contributed by atoms with Gasteiger partial charge in [-0.3, -0.25) is 10.1 Å². The summed E-state index contributed by atoms with van der Waals surface area (Å²) in [5, 5.41) is 5.38. The Morgan fingerprint density at radius 2 is 1.89 bits per heavy atom. The molecule has 0 saturated heterocycles. The number of para-hydroxylation sites is 2. The summed E-state index contributed by atoms with van der Waals surface area (Å²) < 4.78 is 1.94. The first-order chi connectivity index (χ1) is 12.8. The molecule has 3 aromatic rings. The molecule has 2 aromatic carbocycles. The summed E-state index contributed by atoms with van der Waals surface area (Å²) in [4.78, 5) is 29.1. The molecule has 1 heterocycles. The fourth-order valence-electron chi connectivity index (χ4n) is 2.76. The van der Waals surface area contributed by atoms with Crippen molar-refractivity contribution in [2.24, 2.45) is 7.05 Å². The third kappa shape index (κ3) is 4.31. The van der Waals surface area contributed by atoms with Gasteiger partial charge in [-0.2, -0.15) is 0 Å². The number of aryl methyl sites for hydroxylation is 3. The molecule has 7 heteroatoms. The molecule has 27 heavy (non-hydrogen) atoms. The molecule has 3 rings (SSSR count). The first kappa shape index (κ1) is 19.0. The molecule has 3 amide bonds. The zero-order valence-corrected chi connectivity index (χ0v) is 16.6. The molecule has 0 spiro atoms. The van der Waals surface area contributed by atoms with Gasteiger partial charge in [-0.05, 0) is 44.5 Å². The maximum atomic E-state index is 12.4. The van der Waals surface area contributed by atoms with E-state index in [4.69, 9.17) is 0 Å². The van der Waals surface area contributed by atoms with E-state index in [-0.39, 0.29) is 5.91 Å². The maximum Gasteiger partial charge on any atom is 0.325 e. The number of hydrogen-bond acceptors (Lipinski definition) is 4. The van der Waals surface area contributed by atoms with Gasteiger partial charge in [-0.1, -0.05) is 41.6 Å². The Hall–Kier alpha value is -2.80. The number of benzene rings is 2. The second-order valence-corrected chi connectivity index (χ2v) is 7.77. The number of rotatable bonds is 4. The van der Waals surface area contributed by atoms with Gasteiger partial charge >= 0.3 is 6.03 Å². The van der Waals surface area contributed by atoms with Gasteiger partial charge < -0.3 is 9.88 Å². The van der Waals surface area contributed by atoms with Crippen LogP contribution in [0.4, 0.5) is 10.5 Å². The minimum Gasteiger partial charge on any atom is -0.322 e. The predicted octanol–water partition coefficient (Wildman–Crippen LogP) is 4.02. The Morgan fingerprint density at radius 1 is 1.15 bits per heavy atom. The highest BCUT2D eigenvalue weighted by Gasteiger charge is 2.20. The van der Waals surface area contributed by atoms with Crippen molar-refractivity contribution in [2.75, 3.05) is 5.32 Å². The largest absolute Gasteiger partial charge is 0.325 e. The van der Waals surface area contributed by atoms with Gasteiger partial charge in [0.15, 0.2) is 5.16 Å². The summed E-state index contributed by atoms with van der Waals surface area (Å²) >= 11 is 1.32. The molecular formula is C20H22N4O2S. The van der Waals surface area contributed by atoms with E-state index < -0.39 is 11.3 Å². The number of fused-ring (bicyclic) bond motifs is 1. The fourth-order valence-corrected chi connectivity index (χ4v) is 3.65. The molecule has 0 fully saturated rings. The lowest BCUT2D eigenvalue weighted by Gasteiger charge is -2.13. The van der Waals surface area contributed by atoms with Gasteiger partial charge in [0.05, 0.1) is 16.3 Å². The molecule has 6 nitrogen and oxygen atoms in total. The van der Waals surface area contributed by atoms with Gasteiger partial charge in [0.25, 0.3) is 0 Å². The normalized spacial score (nSPS) is 12.0. The van der Waals surface area contributed by atoms with E-state index in [2.05, 4.69) is 15.6 Å². The van der Waals surface area contributed by atoms with Crippen molar-refractivity contribution in [3.63, 3.8) is 0 Å². The Morgan fingerprint density at radius 3 is 2.59 bits per heavy atom. The average Bonchev–Trinajstić information content (AvgIpc) is 2.93. The molecule has 0 aliphatic carbocycles. The molecule has 1 atom stereocenters. The number of amides is 3. The number of carbonyl (C=O) groups excluding carboxylic acids is 2. The van der Waals surface area contributed by atoms with E-state index >= 15 is 0 Å². The van der Waals surface area contributed by atoms with Crippen LogP contribution in [0.5, 0.6) is 0 Å². The van der Waals surface area contributed by atoms with Crippen LogP contribution >= 0.6 is 11.8 Å². The van der Waals surface area contributed by atoms with Crippen molar-refractivity contribution in [1.29, 1.82) is 0 Å². The quantitative estimate of drug-likeness (QED) is 0.668. The molecule has 2 N–H and O–H groups in total. The Labute approximate surface area is 162 Å². The van der Waals surface area contributed by atoms with Crippen molar-refractivity contribution in [1.82, 2.24) is 14.9 Å². The highest BCUT2D eigenvalue weighted by molar-refractivity contribution is 8.00. The topological polar surface area (TPSA) is 76.0 Å². The Bertz CT molecular complexity index is 1010. The highest BCUT2D eigenvalue weighted by Crippen LogP contribution is 2.26. The van der Waals surface area contributed by atoms with Gasteiger partial charge in [-0.15, -0.1) is 0 Å². The van der Waals surface area contributed by atoms with E-state index in [1.54, 1.807) is 6.92 Å². The average molecular weight is 382 g/mol. The molecule has 140 valence electrons. The molecule has 0 radical (unpaired) electrons. The van der Waals surface area contributed by atoms with Crippen LogP contribution in [0.15, 0.2) is 47.6 Å². The summed E-state index contributed by atoms with van der Waals surface area (Å²) in [6, 6.07) is 13.0. The SMILES string of the molecule is Cc1ccc(NC(=O)NC(=O)C(C)Sc2nc3ccccc3n2C)c(C)c1. The molecule has 0 bridgehead atoms. The van der Waals surface area contributed by atoms with Crippen LogP contribution < -0.4 is 10.6 Å². The molecule has 0 saturated carbocycles. The monoisotopic (exact) mass is 382 g/mol. The van der Waals surface area contributed by atoms with Crippen molar-refractivity contribution < 1.29 is 9.59 Å². The first-order valence-corrected chi connectivity index (χ1v) is 9.50. The summed E-state index contributed by atoms with van der Waals surface area (Å²) in [5.74, 6) is -0.366. The second kappa shape index (κ2) is 7.84. The van der Waals surface area contributed by atoms with Crippen molar-refractivity contribution in [2.45, 2.75) is 31.2 Å². The van der Waals surface area contributed by atoms with Crippen molar-refractivity contribution >= 4 is 40.4 Å². The molecule has 0 aliphatic rings. The van der Waals surface area contributed by atoms with Crippen LogP contribution in [0.2, 0.25) is 0 Å². The second-order valence-electron chi connectivity index (χ2n) is 6.46. The van der Waals surface area contributed by atoms with E-state index in [9.17, 15) is 9.59 Å². The molecule has 0 aliphatic heterocycles. The van der Waals surface area contributed by atoms with Gasteiger partial charge in [0.2, 0.25) is 5.91 Å². The summed E-state index contributed by atoms with van der Waals surface area (Å²) in [5.41, 5.74) is 4.62. The van der Waals surface area contributed by atoms with E-state index in [1.807, 2.05) is 67.9 Å². The lowest BCUT2D eigenvalue weighted by atomic mass is 10.1. The number of hydrogen-bond donors (Lipinski definition) is 2. The number of thioether (sulfide) groups is 1. The number of imide groups is 1. The van der Waals surface area contributed by atoms with E-state index in [1.165, 1.54) is 11.8 Å². The van der Waals surface area contributed by atoms with E-state index in [0.717, 1.165) is 27.3 Å². The van der Waals surface area contributed by atoms with E-state index in [0.29, 0.717) is 5.69 Å². The summed E-state index contributed by atoms with van der Waals surface area (Å²) in [7, 11) is 1.91. The van der Waals surface area contributed by atoms with Crippen LogP contribution in [0, 0.1) is 13.8 Å². The van der Waals surface area contributed by atoms with Crippen LogP contribution in [0.25, 0.3) is 11.0 Å². The molecule has 1 aromatic heterocycles. The number of nitrogens with one attached hydrogen (secondary N) is 2. The maximum absolute atomic E-state index is 12.4. The number of aromatic nitrogens is 2. The highest BCUT2D eigenvalue weighted by atomic mass is 32.2. The number of carbonyl (C=O) groups is 2. The lowest BCUT2D eigenvalue weighted by molar-refractivity contribution is -0.119. The van der Waals surface area contributed by atoms with Gasteiger partial charge in [0.1, 0.15) is 0 Å². The Kier molecular flexibility index (Phi) is 5.51. The van der Waals surface area contributed by atoms with Crippen LogP contribution in [-0.2, 0) is 11.8 Å². The zero-order valence-electron chi connectivity index (χ0n) is 15.7. The van der Waals surface area contributed by atoms with Crippen molar-refractivity contribution in [3.05, 3.63) is 53.6 Å². The van der Waals surface area contributed by atoms with Crippen LogP contribution in [0.3, 0.4) is 0 Å². The minimum atomic E-state index is -0.538. The number of imidazole rings is 1. The smallest absolute Gasteiger partial charge is 0.322 e. The van der Waals surface area contributed by atoms with Crippen molar-refractivity contribution in [3.8, 4) is 0 Å².